The van der Waals surface area contributed by atoms with E-state index in [1.165, 1.54) is 6.07 Å². The van der Waals surface area contributed by atoms with Crippen LogP contribution in [-0.4, -0.2) is 26.6 Å². The fraction of sp³-hybridized carbons (Fsp3) is 0.133. The molecule has 0 aliphatic rings. The maximum Gasteiger partial charge on any atom is 0.293 e. The summed E-state index contributed by atoms with van der Waals surface area (Å²) in [5.41, 5.74) is 1.67. The van der Waals surface area contributed by atoms with Gasteiger partial charge in [-0.15, -0.1) is 0 Å². The van der Waals surface area contributed by atoms with Gasteiger partial charge < -0.3 is 9.84 Å². The second-order valence-corrected chi connectivity index (χ2v) is 4.68. The van der Waals surface area contributed by atoms with Crippen molar-refractivity contribution in [3.05, 3.63) is 52.8 Å². The van der Waals surface area contributed by atoms with Crippen LogP contribution < -0.4 is 5.32 Å². The Morgan fingerprint density at radius 1 is 1.22 bits per heavy atom. The molecule has 0 unspecified atom stereocenters. The van der Waals surface area contributed by atoms with Gasteiger partial charge in [0, 0.05) is 36.1 Å². The van der Waals surface area contributed by atoms with Gasteiger partial charge in [0.05, 0.1) is 4.92 Å². The first-order valence-corrected chi connectivity index (χ1v) is 6.96. The molecule has 0 aliphatic carbocycles. The number of pyridine rings is 1. The van der Waals surface area contributed by atoms with Crippen LogP contribution in [0.5, 0.6) is 0 Å². The van der Waals surface area contributed by atoms with E-state index in [1.54, 1.807) is 36.7 Å². The van der Waals surface area contributed by atoms with Gasteiger partial charge in [-0.2, -0.15) is 4.98 Å². The molecule has 1 N–H and O–H groups in total. The molecule has 1 aromatic carbocycles. The van der Waals surface area contributed by atoms with Crippen LogP contribution in [0.1, 0.15) is 6.92 Å². The molecule has 0 spiro atoms. The van der Waals surface area contributed by atoms with Crippen molar-refractivity contribution in [2.24, 2.45) is 0 Å². The summed E-state index contributed by atoms with van der Waals surface area (Å²) in [6.07, 6.45) is 3.25. The van der Waals surface area contributed by atoms with Gasteiger partial charge in [-0.05, 0) is 31.2 Å². The summed E-state index contributed by atoms with van der Waals surface area (Å²) in [6.45, 7) is 2.46. The average Bonchev–Trinajstić information content (AvgIpc) is 3.06. The molecule has 116 valence electrons. The van der Waals surface area contributed by atoms with E-state index in [9.17, 15) is 10.1 Å². The molecule has 2 heterocycles. The van der Waals surface area contributed by atoms with Crippen molar-refractivity contribution >= 4 is 11.4 Å². The van der Waals surface area contributed by atoms with Gasteiger partial charge in [0.25, 0.3) is 11.6 Å². The minimum Gasteiger partial charge on any atom is -0.380 e. The number of aromatic nitrogens is 3. The molecule has 0 saturated heterocycles. The van der Waals surface area contributed by atoms with Gasteiger partial charge in [-0.25, -0.2) is 0 Å². The lowest BCUT2D eigenvalue weighted by molar-refractivity contribution is -0.383. The lowest BCUT2D eigenvalue weighted by atomic mass is 10.1. The van der Waals surface area contributed by atoms with Crippen LogP contribution >= 0.6 is 0 Å². The molecule has 8 heteroatoms. The van der Waals surface area contributed by atoms with Gasteiger partial charge in [0.15, 0.2) is 0 Å². The number of nitrogens with one attached hydrogen (secondary N) is 1. The predicted octanol–water partition coefficient (Wildman–Crippen LogP) is 3.14. The summed E-state index contributed by atoms with van der Waals surface area (Å²) in [4.78, 5) is 19.0. The third kappa shape index (κ3) is 3.00. The van der Waals surface area contributed by atoms with Crippen molar-refractivity contribution in [1.82, 2.24) is 15.1 Å². The van der Waals surface area contributed by atoms with E-state index in [2.05, 4.69) is 20.4 Å². The summed E-state index contributed by atoms with van der Waals surface area (Å²) in [6, 6.07) is 8.26. The number of benzene rings is 1. The fourth-order valence-corrected chi connectivity index (χ4v) is 2.11. The van der Waals surface area contributed by atoms with Crippen LogP contribution in [0, 0.1) is 10.1 Å². The maximum absolute atomic E-state index is 11.2. The number of nitro benzene ring substituents is 1. The van der Waals surface area contributed by atoms with E-state index in [4.69, 9.17) is 4.52 Å². The largest absolute Gasteiger partial charge is 0.380 e. The molecule has 0 atom stereocenters. The third-order valence-electron chi connectivity index (χ3n) is 3.17. The Morgan fingerprint density at radius 3 is 2.70 bits per heavy atom. The SMILES string of the molecule is CCNc1ccc(-c2nc(-c3ccncc3)no2)cc1[N+](=O)[O-]. The standard InChI is InChI=1S/C15H13N5O3/c1-2-17-12-4-3-11(9-13(12)20(21)22)15-18-14(19-23-15)10-5-7-16-8-6-10/h3-9,17H,2H2,1H3. The van der Waals surface area contributed by atoms with Gasteiger partial charge in [-0.3, -0.25) is 15.1 Å². The summed E-state index contributed by atoms with van der Waals surface area (Å²) in [7, 11) is 0. The highest BCUT2D eigenvalue weighted by molar-refractivity contribution is 5.70. The molecule has 23 heavy (non-hydrogen) atoms. The molecule has 2 aromatic heterocycles. The zero-order chi connectivity index (χ0) is 16.2. The van der Waals surface area contributed by atoms with Crippen LogP contribution in [-0.2, 0) is 0 Å². The van der Waals surface area contributed by atoms with Crippen molar-refractivity contribution in [3.63, 3.8) is 0 Å². The first-order chi connectivity index (χ1) is 11.2. The topological polar surface area (TPSA) is 107 Å². The smallest absolute Gasteiger partial charge is 0.293 e. The normalized spacial score (nSPS) is 10.5. The van der Waals surface area contributed by atoms with E-state index in [0.717, 1.165) is 5.56 Å². The molecular weight excluding hydrogens is 298 g/mol. The number of nitro groups is 1. The van der Waals surface area contributed by atoms with Crippen LogP contribution in [0.4, 0.5) is 11.4 Å². The third-order valence-corrected chi connectivity index (χ3v) is 3.17. The number of hydrogen-bond donors (Lipinski definition) is 1. The number of rotatable bonds is 5. The molecule has 0 fully saturated rings. The Kier molecular flexibility index (Phi) is 3.96. The van der Waals surface area contributed by atoms with Gasteiger partial charge in [0.2, 0.25) is 5.82 Å². The van der Waals surface area contributed by atoms with E-state index >= 15 is 0 Å². The van der Waals surface area contributed by atoms with Crippen molar-refractivity contribution in [2.45, 2.75) is 6.92 Å². The monoisotopic (exact) mass is 311 g/mol. The van der Waals surface area contributed by atoms with Crippen molar-refractivity contribution in [1.29, 1.82) is 0 Å². The Morgan fingerprint density at radius 2 is 2.00 bits per heavy atom. The highest BCUT2D eigenvalue weighted by Gasteiger charge is 2.18. The summed E-state index contributed by atoms with van der Waals surface area (Å²) >= 11 is 0. The van der Waals surface area contributed by atoms with Crippen LogP contribution in [0.2, 0.25) is 0 Å². The Hall–Kier alpha value is -3.29. The van der Waals surface area contributed by atoms with Crippen LogP contribution in [0.15, 0.2) is 47.2 Å². The highest BCUT2D eigenvalue weighted by atomic mass is 16.6. The van der Waals surface area contributed by atoms with E-state index < -0.39 is 4.92 Å². The van der Waals surface area contributed by atoms with Gasteiger partial charge >= 0.3 is 0 Å². The molecule has 0 radical (unpaired) electrons. The fourth-order valence-electron chi connectivity index (χ4n) is 2.11. The first kappa shape index (κ1) is 14.6. The molecule has 8 nitrogen and oxygen atoms in total. The summed E-state index contributed by atoms with van der Waals surface area (Å²) in [5.74, 6) is 0.628. The predicted molar refractivity (Wildman–Crippen MR) is 83.8 cm³/mol. The van der Waals surface area contributed by atoms with Crippen LogP contribution in [0.25, 0.3) is 22.8 Å². The highest BCUT2D eigenvalue weighted by Crippen LogP contribution is 2.30. The lowest BCUT2D eigenvalue weighted by Crippen LogP contribution is -2.01. The molecule has 3 rings (SSSR count). The number of anilines is 1. The van der Waals surface area contributed by atoms with E-state index in [1.807, 2.05) is 6.92 Å². The lowest BCUT2D eigenvalue weighted by Gasteiger charge is -2.04. The van der Waals surface area contributed by atoms with Crippen molar-refractivity contribution in [3.8, 4) is 22.8 Å². The summed E-state index contributed by atoms with van der Waals surface area (Å²) in [5, 5.41) is 18.0. The molecule has 0 amide bonds. The molecule has 0 saturated carbocycles. The molecule has 0 bridgehead atoms. The van der Waals surface area contributed by atoms with Gasteiger partial charge in [0.1, 0.15) is 5.69 Å². The van der Waals surface area contributed by atoms with E-state index in [-0.39, 0.29) is 11.6 Å². The van der Waals surface area contributed by atoms with E-state index in [0.29, 0.717) is 23.6 Å². The maximum atomic E-state index is 11.2. The molecule has 3 aromatic rings. The zero-order valence-corrected chi connectivity index (χ0v) is 12.3. The second kappa shape index (κ2) is 6.22. The average molecular weight is 311 g/mol. The van der Waals surface area contributed by atoms with Crippen LogP contribution in [0.3, 0.4) is 0 Å². The number of hydrogen-bond acceptors (Lipinski definition) is 7. The Balaban J connectivity index is 1.98. The zero-order valence-electron chi connectivity index (χ0n) is 12.3. The quantitative estimate of drug-likeness (QED) is 0.569. The summed E-state index contributed by atoms with van der Waals surface area (Å²) < 4.78 is 5.22. The Bertz CT molecular complexity index is 832. The van der Waals surface area contributed by atoms with Gasteiger partial charge in [-0.1, -0.05) is 5.16 Å². The first-order valence-electron chi connectivity index (χ1n) is 6.96. The Labute approximate surface area is 131 Å². The van der Waals surface area contributed by atoms with Crippen molar-refractivity contribution in [2.75, 3.05) is 11.9 Å². The molecular formula is C15H13N5O3. The number of nitrogens with zero attached hydrogens (tertiary/aromatic N) is 4. The van der Waals surface area contributed by atoms with Crippen molar-refractivity contribution < 1.29 is 9.45 Å². The minimum absolute atomic E-state index is 0.0342. The molecule has 0 aliphatic heterocycles. The minimum atomic E-state index is -0.443. The second-order valence-electron chi connectivity index (χ2n) is 4.68.